The van der Waals surface area contributed by atoms with Crippen LogP contribution >= 0.6 is 11.6 Å². The molecule has 0 spiro atoms. The van der Waals surface area contributed by atoms with Crippen LogP contribution in [0.15, 0.2) is 58.3 Å². The summed E-state index contributed by atoms with van der Waals surface area (Å²) in [5, 5.41) is 6.27. The molecule has 1 heterocycles. The summed E-state index contributed by atoms with van der Waals surface area (Å²) in [6.07, 6.45) is -4.68. The number of hydrogen-bond donors (Lipinski definition) is 1. The average Bonchev–Trinajstić information content (AvgIpc) is 3.10. The van der Waals surface area contributed by atoms with Gasteiger partial charge in [0.15, 0.2) is 5.69 Å². The number of aryl methyl sites for hydroxylation is 1. The van der Waals surface area contributed by atoms with Gasteiger partial charge in [-0.1, -0.05) is 11.6 Å². The van der Waals surface area contributed by atoms with E-state index in [1.807, 2.05) is 0 Å². The monoisotopic (exact) mass is 473 g/mol. The van der Waals surface area contributed by atoms with Crippen molar-refractivity contribution in [1.29, 1.82) is 0 Å². The van der Waals surface area contributed by atoms with Gasteiger partial charge in [-0.15, -0.1) is 0 Å². The molecule has 3 rings (SSSR count). The van der Waals surface area contributed by atoms with Crippen LogP contribution in [0.5, 0.6) is 5.75 Å². The first-order valence-electron chi connectivity index (χ1n) is 8.54. The van der Waals surface area contributed by atoms with Crippen molar-refractivity contribution < 1.29 is 31.1 Å². The summed E-state index contributed by atoms with van der Waals surface area (Å²) in [5.74, 6) is -0.837. The summed E-state index contributed by atoms with van der Waals surface area (Å²) in [5.41, 5.74) is -1.59. The van der Waals surface area contributed by atoms with Gasteiger partial charge in [-0.3, -0.25) is 9.48 Å². The van der Waals surface area contributed by atoms with E-state index in [9.17, 15) is 26.4 Å². The van der Waals surface area contributed by atoms with Gasteiger partial charge in [0.25, 0.3) is 5.91 Å². The second-order valence-corrected chi connectivity index (χ2v) is 8.73. The number of alkyl halides is 3. The van der Waals surface area contributed by atoms with E-state index < -0.39 is 33.3 Å². The summed E-state index contributed by atoms with van der Waals surface area (Å²) in [6.45, 7) is 0. The van der Waals surface area contributed by atoms with Crippen molar-refractivity contribution in [1.82, 2.24) is 9.78 Å². The van der Waals surface area contributed by atoms with Gasteiger partial charge in [-0.05, 0) is 36.4 Å². The Labute approximate surface area is 180 Å². The fraction of sp³-hybridized carbons (Fsp3) is 0.158. The van der Waals surface area contributed by atoms with Crippen molar-refractivity contribution in [3.05, 3.63) is 64.9 Å². The minimum Gasteiger partial charge on any atom is -0.497 e. The standard InChI is InChI=1S/C19H15ClF3N3O4S/c1-26-17(19(21,22)23)10-16(25-26)18(27)24-12-7-13(30-2)9-15(8-12)31(28,29)14-5-3-11(20)4-6-14/h3-10H,1-2H3,(H,24,27). The Morgan fingerprint density at radius 1 is 1.10 bits per heavy atom. The van der Waals surface area contributed by atoms with Gasteiger partial charge in [-0.2, -0.15) is 18.3 Å². The van der Waals surface area contributed by atoms with Crippen molar-refractivity contribution in [2.24, 2.45) is 7.05 Å². The lowest BCUT2D eigenvalue weighted by Gasteiger charge is -2.11. The average molecular weight is 474 g/mol. The van der Waals surface area contributed by atoms with E-state index in [0.29, 0.717) is 15.8 Å². The summed E-state index contributed by atoms with van der Waals surface area (Å²) in [6, 6.07) is 9.81. The fourth-order valence-electron chi connectivity index (χ4n) is 2.71. The van der Waals surface area contributed by atoms with Gasteiger partial charge < -0.3 is 10.1 Å². The molecule has 12 heteroatoms. The van der Waals surface area contributed by atoms with Gasteiger partial charge in [0.05, 0.1) is 16.9 Å². The number of sulfone groups is 1. The number of halogens is 4. The minimum absolute atomic E-state index is 0.00361. The summed E-state index contributed by atoms with van der Waals surface area (Å²) in [7, 11) is -1.63. The summed E-state index contributed by atoms with van der Waals surface area (Å²) >= 11 is 5.80. The second kappa shape index (κ2) is 8.23. The molecule has 0 saturated heterocycles. The summed E-state index contributed by atoms with van der Waals surface area (Å²) < 4.78 is 70.3. The molecule has 7 nitrogen and oxygen atoms in total. The van der Waals surface area contributed by atoms with Crippen molar-refractivity contribution in [3.63, 3.8) is 0 Å². The third-order valence-electron chi connectivity index (χ3n) is 4.21. The Morgan fingerprint density at radius 3 is 2.29 bits per heavy atom. The third kappa shape index (κ3) is 4.83. The molecular weight excluding hydrogens is 459 g/mol. The number of aromatic nitrogens is 2. The first kappa shape index (κ1) is 22.6. The lowest BCUT2D eigenvalue weighted by atomic mass is 10.2. The van der Waals surface area contributed by atoms with Crippen LogP contribution in [0.4, 0.5) is 18.9 Å². The van der Waals surface area contributed by atoms with E-state index in [0.717, 1.165) is 13.1 Å². The quantitative estimate of drug-likeness (QED) is 0.600. The predicted molar refractivity (Wildman–Crippen MR) is 106 cm³/mol. The molecule has 1 aromatic heterocycles. The molecule has 0 bridgehead atoms. The maximum absolute atomic E-state index is 12.9. The Morgan fingerprint density at radius 2 is 1.74 bits per heavy atom. The highest BCUT2D eigenvalue weighted by molar-refractivity contribution is 7.91. The lowest BCUT2D eigenvalue weighted by Crippen LogP contribution is -2.14. The molecule has 2 aromatic carbocycles. The number of hydrogen-bond acceptors (Lipinski definition) is 5. The number of rotatable bonds is 5. The van der Waals surface area contributed by atoms with E-state index in [-0.39, 0.29) is 21.2 Å². The molecule has 1 amide bonds. The van der Waals surface area contributed by atoms with Crippen LogP contribution in [-0.2, 0) is 23.1 Å². The molecule has 31 heavy (non-hydrogen) atoms. The van der Waals surface area contributed by atoms with Crippen molar-refractivity contribution in [2.75, 3.05) is 12.4 Å². The zero-order chi connectivity index (χ0) is 23.0. The maximum Gasteiger partial charge on any atom is 0.433 e. The lowest BCUT2D eigenvalue weighted by molar-refractivity contribution is -0.143. The number of nitrogens with zero attached hydrogens (tertiary/aromatic N) is 2. The normalized spacial score (nSPS) is 11.9. The van der Waals surface area contributed by atoms with Gasteiger partial charge in [0.2, 0.25) is 9.84 Å². The largest absolute Gasteiger partial charge is 0.497 e. The van der Waals surface area contributed by atoms with Gasteiger partial charge in [-0.25, -0.2) is 8.42 Å². The number of nitrogens with one attached hydrogen (secondary N) is 1. The van der Waals surface area contributed by atoms with Crippen molar-refractivity contribution in [2.45, 2.75) is 16.0 Å². The van der Waals surface area contributed by atoms with Crippen LogP contribution in [0.2, 0.25) is 5.02 Å². The van der Waals surface area contributed by atoms with Crippen molar-refractivity contribution in [3.8, 4) is 5.75 Å². The van der Waals surface area contributed by atoms with E-state index in [2.05, 4.69) is 10.4 Å². The van der Waals surface area contributed by atoms with E-state index in [4.69, 9.17) is 16.3 Å². The maximum atomic E-state index is 12.9. The molecule has 1 N–H and O–H groups in total. The zero-order valence-electron chi connectivity index (χ0n) is 16.1. The van der Waals surface area contributed by atoms with Gasteiger partial charge in [0, 0.05) is 29.9 Å². The van der Waals surface area contributed by atoms with Crippen LogP contribution in [0.25, 0.3) is 0 Å². The highest BCUT2D eigenvalue weighted by Gasteiger charge is 2.35. The van der Waals surface area contributed by atoms with Crippen LogP contribution < -0.4 is 10.1 Å². The van der Waals surface area contributed by atoms with E-state index in [1.165, 1.54) is 43.5 Å². The Balaban J connectivity index is 1.96. The molecule has 0 atom stereocenters. The molecule has 0 aliphatic carbocycles. The highest BCUT2D eigenvalue weighted by atomic mass is 35.5. The van der Waals surface area contributed by atoms with Crippen LogP contribution in [0, 0.1) is 0 Å². The molecule has 0 radical (unpaired) electrons. The Hall–Kier alpha value is -3.05. The molecule has 3 aromatic rings. The number of amides is 1. The highest BCUT2D eigenvalue weighted by Crippen LogP contribution is 2.31. The fourth-order valence-corrected chi connectivity index (χ4v) is 4.15. The second-order valence-electron chi connectivity index (χ2n) is 6.34. The number of benzene rings is 2. The molecule has 0 aliphatic rings. The third-order valence-corrected chi connectivity index (χ3v) is 6.21. The Bertz CT molecular complexity index is 1240. The molecule has 164 valence electrons. The number of methoxy groups -OCH3 is 1. The molecule has 0 saturated carbocycles. The first-order chi connectivity index (χ1) is 14.4. The van der Waals surface area contributed by atoms with E-state index in [1.54, 1.807) is 0 Å². The molecular formula is C19H15ClF3N3O4S. The number of carbonyl (C=O) groups is 1. The topological polar surface area (TPSA) is 90.3 Å². The molecule has 0 unspecified atom stereocenters. The van der Waals surface area contributed by atoms with E-state index >= 15 is 0 Å². The van der Waals surface area contributed by atoms with Crippen LogP contribution in [0.1, 0.15) is 16.2 Å². The number of anilines is 1. The molecule has 0 fully saturated rings. The first-order valence-corrected chi connectivity index (χ1v) is 10.4. The number of ether oxygens (including phenoxy) is 1. The van der Waals surface area contributed by atoms with Gasteiger partial charge in [0.1, 0.15) is 11.4 Å². The van der Waals surface area contributed by atoms with Crippen LogP contribution in [-0.4, -0.2) is 31.2 Å². The summed E-state index contributed by atoms with van der Waals surface area (Å²) in [4.78, 5) is 12.2. The molecule has 0 aliphatic heterocycles. The predicted octanol–water partition coefficient (Wildman–Crippen LogP) is 4.19. The number of carbonyl (C=O) groups excluding carboxylic acids is 1. The minimum atomic E-state index is -4.68. The Kier molecular flexibility index (Phi) is 6.01. The smallest absolute Gasteiger partial charge is 0.433 e. The van der Waals surface area contributed by atoms with Gasteiger partial charge >= 0.3 is 6.18 Å². The van der Waals surface area contributed by atoms with Crippen molar-refractivity contribution >= 4 is 33.0 Å². The SMILES string of the molecule is COc1cc(NC(=O)c2cc(C(F)(F)F)n(C)n2)cc(S(=O)(=O)c2ccc(Cl)cc2)c1. The zero-order valence-corrected chi connectivity index (χ0v) is 17.6. The van der Waals surface area contributed by atoms with Crippen LogP contribution in [0.3, 0.4) is 0 Å².